The highest BCUT2D eigenvalue weighted by molar-refractivity contribution is 6.08. The molecule has 0 N–H and O–H groups in total. The first-order valence-corrected chi connectivity index (χ1v) is 9.20. The minimum atomic E-state index is -0.275. The molecule has 0 aliphatic carbocycles. The lowest BCUT2D eigenvalue weighted by molar-refractivity contribution is 0.103. The Morgan fingerprint density at radius 1 is 1.11 bits per heavy atom. The van der Waals surface area contributed by atoms with Gasteiger partial charge in [-0.2, -0.15) is 0 Å². The maximum absolute atomic E-state index is 12.8. The molecule has 0 aromatic carbocycles. The Bertz CT molecular complexity index is 824. The van der Waals surface area contributed by atoms with Crippen LogP contribution in [0.5, 0.6) is 0 Å². The number of rotatable bonds is 4. The Labute approximate surface area is 159 Å². The van der Waals surface area contributed by atoms with Crippen LogP contribution in [-0.2, 0) is 4.74 Å². The number of ketones is 1. The van der Waals surface area contributed by atoms with Gasteiger partial charge < -0.3 is 14.5 Å². The SMILES string of the molecule is CCOC(=O)N1CCCN(c2cccc(C(=O)c3cccnc3C)n2)CC1. The molecule has 1 fully saturated rings. The molecule has 0 atom stereocenters. The summed E-state index contributed by atoms with van der Waals surface area (Å²) >= 11 is 0. The summed E-state index contributed by atoms with van der Waals surface area (Å²) in [4.78, 5) is 37.3. The third-order valence-corrected chi connectivity index (χ3v) is 4.56. The van der Waals surface area contributed by atoms with Crippen LogP contribution < -0.4 is 4.90 Å². The number of hydrogen-bond acceptors (Lipinski definition) is 6. The molecule has 27 heavy (non-hydrogen) atoms. The Kier molecular flexibility index (Phi) is 6.01. The standard InChI is InChI=1S/C20H24N4O3/c1-3-27-20(26)24-12-6-11-23(13-14-24)18-9-4-8-17(22-18)19(25)16-7-5-10-21-15(16)2/h4-5,7-10H,3,6,11-14H2,1-2H3. The molecule has 1 aliphatic heterocycles. The second kappa shape index (κ2) is 8.62. The van der Waals surface area contributed by atoms with Gasteiger partial charge in [0.2, 0.25) is 5.78 Å². The second-order valence-corrected chi connectivity index (χ2v) is 6.37. The van der Waals surface area contributed by atoms with Crippen LogP contribution in [0.15, 0.2) is 36.5 Å². The van der Waals surface area contributed by atoms with Gasteiger partial charge in [0, 0.05) is 43.6 Å². The summed E-state index contributed by atoms with van der Waals surface area (Å²) in [6.07, 6.45) is 2.21. The number of aromatic nitrogens is 2. The highest BCUT2D eigenvalue weighted by atomic mass is 16.6. The molecule has 3 heterocycles. The zero-order valence-corrected chi connectivity index (χ0v) is 15.7. The quantitative estimate of drug-likeness (QED) is 0.773. The first-order chi connectivity index (χ1) is 13.1. The summed E-state index contributed by atoms with van der Waals surface area (Å²) in [7, 11) is 0. The van der Waals surface area contributed by atoms with Gasteiger partial charge in [-0.3, -0.25) is 9.78 Å². The summed E-state index contributed by atoms with van der Waals surface area (Å²) in [5.41, 5.74) is 1.65. The second-order valence-electron chi connectivity index (χ2n) is 6.37. The topological polar surface area (TPSA) is 75.6 Å². The molecule has 2 aromatic heterocycles. The number of pyridine rings is 2. The lowest BCUT2D eigenvalue weighted by Gasteiger charge is -2.22. The van der Waals surface area contributed by atoms with E-state index in [-0.39, 0.29) is 11.9 Å². The van der Waals surface area contributed by atoms with Crippen LogP contribution in [-0.4, -0.2) is 59.5 Å². The zero-order chi connectivity index (χ0) is 19.2. The number of ether oxygens (including phenoxy) is 1. The molecule has 1 amide bonds. The smallest absolute Gasteiger partial charge is 0.409 e. The summed E-state index contributed by atoms with van der Waals surface area (Å²) < 4.78 is 5.09. The van der Waals surface area contributed by atoms with Crippen molar-refractivity contribution in [1.82, 2.24) is 14.9 Å². The van der Waals surface area contributed by atoms with E-state index >= 15 is 0 Å². The summed E-state index contributed by atoms with van der Waals surface area (Å²) in [6.45, 7) is 6.64. The normalized spacial score (nSPS) is 14.6. The van der Waals surface area contributed by atoms with E-state index in [1.165, 1.54) is 0 Å². The van der Waals surface area contributed by atoms with Crippen molar-refractivity contribution in [2.24, 2.45) is 0 Å². The molecule has 2 aromatic rings. The number of nitrogens with zero attached hydrogens (tertiary/aromatic N) is 4. The number of amides is 1. The van der Waals surface area contributed by atoms with Crippen molar-refractivity contribution in [3.8, 4) is 0 Å². The molecule has 0 bridgehead atoms. The molecule has 0 unspecified atom stereocenters. The molecular weight excluding hydrogens is 344 g/mol. The van der Waals surface area contributed by atoms with E-state index in [0.717, 1.165) is 18.8 Å². The average Bonchev–Trinajstić information content (AvgIpc) is 2.94. The van der Waals surface area contributed by atoms with Crippen LogP contribution in [0.1, 0.15) is 35.1 Å². The van der Waals surface area contributed by atoms with E-state index in [4.69, 9.17) is 4.74 Å². The molecule has 0 radical (unpaired) electrons. The summed E-state index contributed by atoms with van der Waals surface area (Å²) in [5, 5.41) is 0. The van der Waals surface area contributed by atoms with Gasteiger partial charge in [-0.05, 0) is 44.5 Å². The van der Waals surface area contributed by atoms with Gasteiger partial charge >= 0.3 is 6.09 Å². The summed E-state index contributed by atoms with van der Waals surface area (Å²) in [6, 6.07) is 8.98. The van der Waals surface area contributed by atoms with Gasteiger partial charge in [0.1, 0.15) is 11.5 Å². The van der Waals surface area contributed by atoms with E-state index in [9.17, 15) is 9.59 Å². The van der Waals surface area contributed by atoms with Crippen molar-refractivity contribution in [2.75, 3.05) is 37.7 Å². The Morgan fingerprint density at radius 2 is 1.96 bits per heavy atom. The molecule has 0 saturated carbocycles. The van der Waals surface area contributed by atoms with Crippen LogP contribution in [0.3, 0.4) is 0 Å². The number of carbonyl (C=O) groups is 2. The number of hydrogen-bond donors (Lipinski definition) is 0. The van der Waals surface area contributed by atoms with Gasteiger partial charge in [0.05, 0.1) is 6.61 Å². The van der Waals surface area contributed by atoms with Crippen LogP contribution in [0.4, 0.5) is 10.6 Å². The van der Waals surface area contributed by atoms with E-state index < -0.39 is 0 Å². The van der Waals surface area contributed by atoms with Crippen molar-refractivity contribution in [3.63, 3.8) is 0 Å². The van der Waals surface area contributed by atoms with Crippen LogP contribution in [0, 0.1) is 6.92 Å². The minimum Gasteiger partial charge on any atom is -0.450 e. The maximum atomic E-state index is 12.8. The Morgan fingerprint density at radius 3 is 2.74 bits per heavy atom. The first-order valence-electron chi connectivity index (χ1n) is 9.20. The summed E-state index contributed by atoms with van der Waals surface area (Å²) in [5.74, 6) is 0.610. The van der Waals surface area contributed by atoms with Crippen LogP contribution in [0.25, 0.3) is 0 Å². The fraction of sp³-hybridized carbons (Fsp3) is 0.400. The van der Waals surface area contributed by atoms with E-state index in [2.05, 4.69) is 14.9 Å². The van der Waals surface area contributed by atoms with Crippen molar-refractivity contribution in [3.05, 3.63) is 53.5 Å². The molecule has 3 rings (SSSR count). The average molecular weight is 368 g/mol. The molecule has 7 heteroatoms. The van der Waals surface area contributed by atoms with Gasteiger partial charge in [0.25, 0.3) is 0 Å². The molecule has 0 spiro atoms. The van der Waals surface area contributed by atoms with Gasteiger partial charge in [-0.1, -0.05) is 6.07 Å². The van der Waals surface area contributed by atoms with Gasteiger partial charge in [-0.15, -0.1) is 0 Å². The van der Waals surface area contributed by atoms with E-state index in [1.54, 1.807) is 36.2 Å². The molecule has 1 aliphatic rings. The monoisotopic (exact) mass is 368 g/mol. The number of aryl methyl sites for hydroxylation is 1. The number of carbonyl (C=O) groups excluding carboxylic acids is 2. The molecule has 1 saturated heterocycles. The Hall–Kier alpha value is -2.96. The third-order valence-electron chi connectivity index (χ3n) is 4.56. The van der Waals surface area contributed by atoms with E-state index in [0.29, 0.717) is 43.2 Å². The first kappa shape index (κ1) is 18.8. The third kappa shape index (κ3) is 4.42. The maximum Gasteiger partial charge on any atom is 0.409 e. The lowest BCUT2D eigenvalue weighted by Crippen LogP contribution is -2.35. The predicted molar refractivity (Wildman–Crippen MR) is 102 cm³/mol. The van der Waals surface area contributed by atoms with Gasteiger partial charge in [-0.25, -0.2) is 9.78 Å². The van der Waals surface area contributed by atoms with Crippen molar-refractivity contribution < 1.29 is 14.3 Å². The molecule has 142 valence electrons. The van der Waals surface area contributed by atoms with Crippen LogP contribution in [0.2, 0.25) is 0 Å². The lowest BCUT2D eigenvalue weighted by atomic mass is 10.1. The molecular formula is C20H24N4O3. The van der Waals surface area contributed by atoms with Crippen molar-refractivity contribution in [1.29, 1.82) is 0 Å². The molecule has 7 nitrogen and oxygen atoms in total. The minimum absolute atomic E-state index is 0.134. The largest absolute Gasteiger partial charge is 0.450 e. The Balaban J connectivity index is 1.75. The van der Waals surface area contributed by atoms with E-state index in [1.807, 2.05) is 19.1 Å². The van der Waals surface area contributed by atoms with Gasteiger partial charge in [0.15, 0.2) is 0 Å². The van der Waals surface area contributed by atoms with Crippen molar-refractivity contribution in [2.45, 2.75) is 20.3 Å². The fourth-order valence-electron chi connectivity index (χ4n) is 3.13. The fourth-order valence-corrected chi connectivity index (χ4v) is 3.13. The van der Waals surface area contributed by atoms with Crippen molar-refractivity contribution >= 4 is 17.7 Å². The highest BCUT2D eigenvalue weighted by Crippen LogP contribution is 2.17. The zero-order valence-electron chi connectivity index (χ0n) is 15.7. The number of anilines is 1. The highest BCUT2D eigenvalue weighted by Gasteiger charge is 2.21. The van der Waals surface area contributed by atoms with Crippen LogP contribution >= 0.6 is 0 Å². The predicted octanol–water partition coefficient (Wildman–Crippen LogP) is 2.68.